The van der Waals surface area contributed by atoms with E-state index in [1.807, 2.05) is 24.3 Å². The second-order valence-electron chi connectivity index (χ2n) is 7.51. The molecular weight excluding hydrogens is 424 g/mol. The summed E-state index contributed by atoms with van der Waals surface area (Å²) in [6.45, 7) is 2.22. The molecule has 3 rings (SSSR count). The summed E-state index contributed by atoms with van der Waals surface area (Å²) in [6.07, 6.45) is 1.89. The number of para-hydroxylation sites is 2. The summed E-state index contributed by atoms with van der Waals surface area (Å²) in [7, 11) is 2.95. The van der Waals surface area contributed by atoms with Crippen molar-refractivity contribution >= 4 is 22.8 Å². The third kappa shape index (κ3) is 5.77. The van der Waals surface area contributed by atoms with Crippen LogP contribution in [-0.2, 0) is 22.5 Å². The minimum absolute atomic E-state index is 0.0586. The number of Topliss-reactive ketones (excluding diaryl/α,β-unsaturated/α-hetero) is 1. The van der Waals surface area contributed by atoms with Crippen molar-refractivity contribution in [1.29, 1.82) is 0 Å². The molecule has 0 aliphatic heterocycles. The smallest absolute Gasteiger partial charge is 0.306 e. The molecule has 2 aromatic carbocycles. The maximum absolute atomic E-state index is 13.0. The number of unbranched alkanes of at least 4 members (excludes halogenated alkanes) is 1. The first-order valence-electron chi connectivity index (χ1n) is 10.9. The molecule has 8 nitrogen and oxygen atoms in total. The number of aryl methyl sites for hydroxylation is 2. The molecule has 0 saturated carbocycles. The Hall–Kier alpha value is -3.68. The molecule has 0 amide bonds. The Morgan fingerprint density at radius 1 is 1.06 bits per heavy atom. The van der Waals surface area contributed by atoms with E-state index in [1.54, 1.807) is 16.7 Å². The van der Waals surface area contributed by atoms with Crippen molar-refractivity contribution in [1.82, 2.24) is 9.55 Å². The van der Waals surface area contributed by atoms with Crippen molar-refractivity contribution in [3.8, 4) is 11.5 Å². The summed E-state index contributed by atoms with van der Waals surface area (Å²) in [4.78, 5) is 42.2. The largest absolute Gasteiger partial charge is 0.497 e. The normalized spacial score (nSPS) is 10.8. The molecule has 0 spiro atoms. The number of hydrogen-bond acceptors (Lipinski definition) is 7. The van der Waals surface area contributed by atoms with E-state index in [2.05, 4.69) is 11.9 Å². The summed E-state index contributed by atoms with van der Waals surface area (Å²) in [6, 6.07) is 12.3. The lowest BCUT2D eigenvalue weighted by molar-refractivity contribution is -0.142. The van der Waals surface area contributed by atoms with E-state index in [0.717, 1.165) is 18.4 Å². The van der Waals surface area contributed by atoms with Crippen LogP contribution in [0.3, 0.4) is 0 Å². The maximum Gasteiger partial charge on any atom is 0.306 e. The highest BCUT2D eigenvalue weighted by Gasteiger charge is 2.17. The molecule has 8 heteroatoms. The quantitative estimate of drug-likeness (QED) is 0.324. The maximum atomic E-state index is 13.0. The highest BCUT2D eigenvalue weighted by molar-refractivity contribution is 6.00. The number of carbonyl (C=O) groups excluding carboxylic acids is 2. The molecule has 174 valence electrons. The second kappa shape index (κ2) is 11.3. The van der Waals surface area contributed by atoms with Crippen molar-refractivity contribution in [2.24, 2.45) is 0 Å². The van der Waals surface area contributed by atoms with Gasteiger partial charge in [-0.25, -0.2) is 4.98 Å². The molecule has 1 heterocycles. The molecule has 33 heavy (non-hydrogen) atoms. The number of hydrogen-bond donors (Lipinski definition) is 0. The summed E-state index contributed by atoms with van der Waals surface area (Å²) in [5.74, 6) is -0.137. The van der Waals surface area contributed by atoms with Gasteiger partial charge in [0.25, 0.3) is 5.56 Å². The average Bonchev–Trinajstić information content (AvgIpc) is 2.85. The molecule has 0 radical (unpaired) electrons. The number of carbonyl (C=O) groups is 2. The number of rotatable bonds is 11. The number of esters is 1. The fourth-order valence-electron chi connectivity index (χ4n) is 3.49. The van der Waals surface area contributed by atoms with Gasteiger partial charge in [-0.1, -0.05) is 25.5 Å². The first kappa shape index (κ1) is 24.0. The van der Waals surface area contributed by atoms with Gasteiger partial charge in [-0.2, -0.15) is 0 Å². The van der Waals surface area contributed by atoms with Crippen molar-refractivity contribution in [2.75, 3.05) is 20.8 Å². The SMILES string of the molecule is CCCCn1c(=O)c(CCC(=O)OCC(=O)c2cc(OC)ccc2OC)nc2ccccc21. The van der Waals surface area contributed by atoms with E-state index in [-0.39, 0.29) is 24.0 Å². The lowest BCUT2D eigenvalue weighted by atomic mass is 10.1. The van der Waals surface area contributed by atoms with Crippen LogP contribution in [0.25, 0.3) is 11.0 Å². The monoisotopic (exact) mass is 452 g/mol. The van der Waals surface area contributed by atoms with E-state index >= 15 is 0 Å². The topological polar surface area (TPSA) is 96.7 Å². The first-order chi connectivity index (χ1) is 16.0. The molecule has 1 aromatic heterocycles. The Bertz CT molecular complexity index is 1200. The minimum Gasteiger partial charge on any atom is -0.497 e. The Kier molecular flexibility index (Phi) is 8.18. The van der Waals surface area contributed by atoms with Gasteiger partial charge in [-0.05, 0) is 36.8 Å². The van der Waals surface area contributed by atoms with Crippen LogP contribution in [0.2, 0.25) is 0 Å². The molecule has 0 N–H and O–H groups in total. The molecule has 0 aliphatic rings. The molecular formula is C25H28N2O6. The predicted octanol–water partition coefficient (Wildman–Crippen LogP) is 3.57. The second-order valence-corrected chi connectivity index (χ2v) is 7.51. The Morgan fingerprint density at radius 3 is 2.58 bits per heavy atom. The lowest BCUT2D eigenvalue weighted by Gasteiger charge is -2.12. The van der Waals surface area contributed by atoms with E-state index in [1.165, 1.54) is 20.3 Å². The molecule has 0 atom stereocenters. The van der Waals surface area contributed by atoms with Gasteiger partial charge >= 0.3 is 5.97 Å². The number of methoxy groups -OCH3 is 2. The third-order valence-electron chi connectivity index (χ3n) is 5.29. The van der Waals surface area contributed by atoms with Crippen molar-refractivity contribution in [2.45, 2.75) is 39.2 Å². The van der Waals surface area contributed by atoms with Crippen LogP contribution in [-0.4, -0.2) is 42.1 Å². The minimum atomic E-state index is -0.584. The Morgan fingerprint density at radius 2 is 1.85 bits per heavy atom. The van der Waals surface area contributed by atoms with Crippen LogP contribution in [0.1, 0.15) is 42.2 Å². The summed E-state index contributed by atoms with van der Waals surface area (Å²) < 4.78 is 17.2. The van der Waals surface area contributed by atoms with Gasteiger partial charge in [0.1, 0.15) is 17.2 Å². The van der Waals surface area contributed by atoms with Gasteiger partial charge in [0.15, 0.2) is 6.61 Å². The third-order valence-corrected chi connectivity index (χ3v) is 5.29. The zero-order valence-electron chi connectivity index (χ0n) is 19.1. The van der Waals surface area contributed by atoms with Gasteiger partial charge in [0, 0.05) is 13.0 Å². The van der Waals surface area contributed by atoms with Crippen molar-refractivity contribution < 1.29 is 23.8 Å². The number of aromatic nitrogens is 2. The molecule has 3 aromatic rings. The molecule has 0 saturated heterocycles. The van der Waals surface area contributed by atoms with Gasteiger partial charge < -0.3 is 18.8 Å². The average molecular weight is 453 g/mol. The first-order valence-corrected chi connectivity index (χ1v) is 10.9. The van der Waals surface area contributed by atoms with Crippen LogP contribution in [0.5, 0.6) is 11.5 Å². The van der Waals surface area contributed by atoms with E-state index in [9.17, 15) is 14.4 Å². The van der Waals surface area contributed by atoms with Gasteiger partial charge in [0.05, 0.1) is 37.2 Å². The molecule has 0 fully saturated rings. The number of benzene rings is 2. The fraction of sp³-hybridized carbons (Fsp3) is 0.360. The summed E-state index contributed by atoms with van der Waals surface area (Å²) in [5, 5.41) is 0. The fourth-order valence-corrected chi connectivity index (χ4v) is 3.49. The molecule has 0 bridgehead atoms. The molecule has 0 aliphatic carbocycles. The lowest BCUT2D eigenvalue weighted by Crippen LogP contribution is -2.26. The van der Waals surface area contributed by atoms with Crippen LogP contribution >= 0.6 is 0 Å². The van der Waals surface area contributed by atoms with Crippen LogP contribution in [0.4, 0.5) is 0 Å². The Labute approximate surface area is 192 Å². The predicted molar refractivity (Wildman–Crippen MR) is 124 cm³/mol. The highest BCUT2D eigenvalue weighted by atomic mass is 16.5. The van der Waals surface area contributed by atoms with Gasteiger partial charge in [0.2, 0.25) is 5.78 Å². The van der Waals surface area contributed by atoms with Crippen molar-refractivity contribution in [3.05, 3.63) is 64.1 Å². The zero-order valence-corrected chi connectivity index (χ0v) is 19.1. The Balaban J connectivity index is 1.67. The van der Waals surface area contributed by atoms with E-state index in [0.29, 0.717) is 29.3 Å². The van der Waals surface area contributed by atoms with Crippen LogP contribution in [0, 0.1) is 0 Å². The number of ether oxygens (including phenoxy) is 3. The number of ketones is 1. The van der Waals surface area contributed by atoms with Crippen LogP contribution in [0.15, 0.2) is 47.3 Å². The number of fused-ring (bicyclic) bond motifs is 1. The highest BCUT2D eigenvalue weighted by Crippen LogP contribution is 2.24. The van der Waals surface area contributed by atoms with E-state index < -0.39 is 18.4 Å². The van der Waals surface area contributed by atoms with Gasteiger partial charge in [-0.3, -0.25) is 14.4 Å². The standard InChI is InChI=1S/C25H28N2O6/c1-4-5-14-27-21-9-7-6-8-19(21)26-20(25(27)30)11-13-24(29)33-16-22(28)18-15-17(31-2)10-12-23(18)32-3/h6-10,12,15H,4-5,11,13-14,16H2,1-3H3. The molecule has 0 unspecified atom stereocenters. The number of nitrogens with zero attached hydrogens (tertiary/aromatic N) is 2. The summed E-state index contributed by atoms with van der Waals surface area (Å²) >= 11 is 0. The van der Waals surface area contributed by atoms with Crippen molar-refractivity contribution in [3.63, 3.8) is 0 Å². The van der Waals surface area contributed by atoms with E-state index in [4.69, 9.17) is 14.2 Å². The van der Waals surface area contributed by atoms with Gasteiger partial charge in [-0.15, -0.1) is 0 Å². The van der Waals surface area contributed by atoms with Crippen LogP contribution < -0.4 is 15.0 Å². The zero-order chi connectivity index (χ0) is 23.8. The summed E-state index contributed by atoms with van der Waals surface area (Å²) in [5.41, 5.74) is 1.85.